The smallest absolute Gasteiger partial charge is 0.129 e. The first-order valence-electron chi connectivity index (χ1n) is 5.92. The van der Waals surface area contributed by atoms with Gasteiger partial charge in [0.2, 0.25) is 0 Å². The third-order valence-electron chi connectivity index (χ3n) is 2.82. The summed E-state index contributed by atoms with van der Waals surface area (Å²) in [6.45, 7) is 5.68. The highest BCUT2D eigenvalue weighted by Crippen LogP contribution is 2.17. The summed E-state index contributed by atoms with van der Waals surface area (Å²) in [5.41, 5.74) is 2.65. The van der Waals surface area contributed by atoms with Gasteiger partial charge in [-0.05, 0) is 57.1 Å². The molecule has 0 saturated carbocycles. The van der Waals surface area contributed by atoms with E-state index in [1.54, 1.807) is 6.92 Å². The normalized spacial score (nSPS) is 10.9. The molecule has 0 N–H and O–H groups in total. The lowest BCUT2D eigenvalue weighted by atomic mass is 10.1. The zero-order chi connectivity index (χ0) is 12.8. The Hall–Kier alpha value is -0.670. The van der Waals surface area contributed by atoms with Gasteiger partial charge in [-0.15, -0.1) is 0 Å². The lowest BCUT2D eigenvalue weighted by Gasteiger charge is -2.17. The van der Waals surface area contributed by atoms with E-state index < -0.39 is 0 Å². The molecule has 1 rings (SSSR count). The Morgan fingerprint density at radius 3 is 2.76 bits per heavy atom. The van der Waals surface area contributed by atoms with Crippen LogP contribution in [-0.2, 0) is 11.3 Å². The molecule has 0 spiro atoms. The topological polar surface area (TPSA) is 20.3 Å². The van der Waals surface area contributed by atoms with Gasteiger partial charge in [0.1, 0.15) is 5.78 Å². The van der Waals surface area contributed by atoms with E-state index in [1.165, 1.54) is 11.1 Å². The molecule has 2 nitrogen and oxygen atoms in total. The molecule has 0 fully saturated rings. The van der Waals surface area contributed by atoms with Gasteiger partial charge in [0.25, 0.3) is 0 Å². The number of ketones is 1. The Morgan fingerprint density at radius 2 is 2.12 bits per heavy atom. The van der Waals surface area contributed by atoms with Crippen LogP contribution in [-0.4, -0.2) is 24.3 Å². The van der Waals surface area contributed by atoms with Crippen molar-refractivity contribution in [1.82, 2.24) is 4.90 Å². The largest absolute Gasteiger partial charge is 0.302 e. The van der Waals surface area contributed by atoms with Crippen molar-refractivity contribution >= 4 is 21.7 Å². The first-order chi connectivity index (χ1) is 7.99. The van der Waals surface area contributed by atoms with Gasteiger partial charge in [0, 0.05) is 17.4 Å². The molecule has 0 aromatic heterocycles. The third kappa shape index (κ3) is 5.46. The number of carbonyl (C=O) groups is 1. The van der Waals surface area contributed by atoms with Crippen molar-refractivity contribution in [3.8, 4) is 0 Å². The summed E-state index contributed by atoms with van der Waals surface area (Å²) in [5, 5.41) is 0. The molecule has 1 aromatic carbocycles. The van der Waals surface area contributed by atoms with Gasteiger partial charge in [0.15, 0.2) is 0 Å². The van der Waals surface area contributed by atoms with Gasteiger partial charge in [-0.25, -0.2) is 0 Å². The summed E-state index contributed by atoms with van der Waals surface area (Å²) in [6, 6.07) is 6.36. The highest BCUT2D eigenvalue weighted by atomic mass is 79.9. The summed E-state index contributed by atoms with van der Waals surface area (Å²) in [7, 11) is 2.10. The molecule has 0 aliphatic carbocycles. The molecule has 0 aliphatic rings. The maximum atomic E-state index is 10.9. The Morgan fingerprint density at radius 1 is 1.41 bits per heavy atom. The molecule has 1 aromatic rings. The van der Waals surface area contributed by atoms with Gasteiger partial charge in [-0.2, -0.15) is 0 Å². The van der Waals surface area contributed by atoms with E-state index in [-0.39, 0.29) is 5.78 Å². The first-order valence-corrected chi connectivity index (χ1v) is 6.71. The molecule has 0 atom stereocenters. The number of Topliss-reactive ketones (excluding diaryl/α,β-unsaturated/α-hetero) is 1. The van der Waals surface area contributed by atoms with Crippen molar-refractivity contribution in [2.75, 3.05) is 13.6 Å². The molecule has 0 saturated heterocycles. The van der Waals surface area contributed by atoms with E-state index in [2.05, 4.69) is 53.0 Å². The van der Waals surface area contributed by atoms with E-state index >= 15 is 0 Å². The first kappa shape index (κ1) is 14.4. The van der Waals surface area contributed by atoms with Crippen LogP contribution in [0.15, 0.2) is 22.7 Å². The monoisotopic (exact) mass is 297 g/mol. The van der Waals surface area contributed by atoms with E-state index in [4.69, 9.17) is 0 Å². The van der Waals surface area contributed by atoms with Crippen molar-refractivity contribution in [3.63, 3.8) is 0 Å². The summed E-state index contributed by atoms with van der Waals surface area (Å²) < 4.78 is 1.12. The van der Waals surface area contributed by atoms with Crippen LogP contribution in [0, 0.1) is 6.92 Å². The minimum atomic E-state index is 0.275. The number of aryl methyl sites for hydroxylation is 1. The molecule has 0 amide bonds. The maximum Gasteiger partial charge on any atom is 0.129 e. The average molecular weight is 298 g/mol. The van der Waals surface area contributed by atoms with Crippen LogP contribution in [0.3, 0.4) is 0 Å². The number of halogens is 1. The summed E-state index contributed by atoms with van der Waals surface area (Å²) >= 11 is 3.49. The zero-order valence-electron chi connectivity index (χ0n) is 10.8. The number of nitrogens with zero attached hydrogens (tertiary/aromatic N) is 1. The molecule has 94 valence electrons. The summed E-state index contributed by atoms with van der Waals surface area (Å²) in [5.74, 6) is 0.275. The Balaban J connectivity index is 2.47. The number of carbonyl (C=O) groups excluding carboxylic acids is 1. The second kappa shape index (κ2) is 6.92. The van der Waals surface area contributed by atoms with Crippen LogP contribution in [0.5, 0.6) is 0 Å². The lowest BCUT2D eigenvalue weighted by Crippen LogP contribution is -2.20. The molecular weight excluding hydrogens is 278 g/mol. The van der Waals surface area contributed by atoms with Crippen LogP contribution in [0.1, 0.15) is 30.9 Å². The Labute approximate surface area is 112 Å². The maximum absolute atomic E-state index is 10.9. The van der Waals surface area contributed by atoms with Crippen LogP contribution >= 0.6 is 15.9 Å². The number of rotatable bonds is 6. The van der Waals surface area contributed by atoms with Gasteiger partial charge < -0.3 is 9.69 Å². The van der Waals surface area contributed by atoms with Gasteiger partial charge >= 0.3 is 0 Å². The molecule has 17 heavy (non-hydrogen) atoms. The van der Waals surface area contributed by atoms with E-state index in [0.717, 1.165) is 24.0 Å². The van der Waals surface area contributed by atoms with Crippen LogP contribution in [0.25, 0.3) is 0 Å². The summed E-state index contributed by atoms with van der Waals surface area (Å²) in [6.07, 6.45) is 1.63. The fourth-order valence-electron chi connectivity index (χ4n) is 1.78. The molecule has 3 heteroatoms. The molecule has 0 radical (unpaired) electrons. The molecule has 0 aliphatic heterocycles. The molecule has 0 heterocycles. The SMILES string of the molecule is CC(=O)CCCN(C)Cc1cc(Br)ccc1C. The lowest BCUT2D eigenvalue weighted by molar-refractivity contribution is -0.117. The van der Waals surface area contributed by atoms with E-state index in [1.807, 2.05) is 0 Å². The second-order valence-electron chi connectivity index (χ2n) is 4.61. The standard InChI is InChI=1S/C14H20BrNO/c1-11-6-7-14(15)9-13(11)10-16(3)8-4-5-12(2)17/h6-7,9H,4-5,8,10H2,1-3H3. The molecule has 0 unspecified atom stereocenters. The average Bonchev–Trinajstić information content (AvgIpc) is 2.23. The fraction of sp³-hybridized carbons (Fsp3) is 0.500. The second-order valence-corrected chi connectivity index (χ2v) is 5.53. The number of hydrogen-bond acceptors (Lipinski definition) is 2. The van der Waals surface area contributed by atoms with Crippen molar-refractivity contribution in [3.05, 3.63) is 33.8 Å². The van der Waals surface area contributed by atoms with Crippen LogP contribution in [0.4, 0.5) is 0 Å². The predicted octanol–water partition coefficient (Wildman–Crippen LogP) is 3.56. The highest BCUT2D eigenvalue weighted by Gasteiger charge is 2.04. The van der Waals surface area contributed by atoms with Gasteiger partial charge in [0.05, 0.1) is 0 Å². The van der Waals surface area contributed by atoms with Gasteiger partial charge in [-0.3, -0.25) is 0 Å². The summed E-state index contributed by atoms with van der Waals surface area (Å²) in [4.78, 5) is 13.1. The molecular formula is C14H20BrNO. The minimum absolute atomic E-state index is 0.275. The number of benzene rings is 1. The Kier molecular flexibility index (Phi) is 5.86. The Bertz CT molecular complexity index is 390. The zero-order valence-corrected chi connectivity index (χ0v) is 12.4. The third-order valence-corrected chi connectivity index (χ3v) is 3.31. The van der Waals surface area contributed by atoms with Crippen LogP contribution in [0.2, 0.25) is 0 Å². The van der Waals surface area contributed by atoms with Crippen molar-refractivity contribution in [2.45, 2.75) is 33.2 Å². The predicted molar refractivity (Wildman–Crippen MR) is 75.1 cm³/mol. The molecule has 0 bridgehead atoms. The van der Waals surface area contributed by atoms with Crippen molar-refractivity contribution in [2.24, 2.45) is 0 Å². The van der Waals surface area contributed by atoms with E-state index in [0.29, 0.717) is 6.42 Å². The quantitative estimate of drug-likeness (QED) is 0.800. The van der Waals surface area contributed by atoms with Crippen LogP contribution < -0.4 is 0 Å². The number of hydrogen-bond donors (Lipinski definition) is 0. The fourth-order valence-corrected chi connectivity index (χ4v) is 2.19. The van der Waals surface area contributed by atoms with Crippen molar-refractivity contribution < 1.29 is 4.79 Å². The van der Waals surface area contributed by atoms with E-state index in [9.17, 15) is 4.79 Å². The van der Waals surface area contributed by atoms with Gasteiger partial charge in [-0.1, -0.05) is 22.0 Å². The highest BCUT2D eigenvalue weighted by molar-refractivity contribution is 9.10. The van der Waals surface area contributed by atoms with Crippen molar-refractivity contribution in [1.29, 1.82) is 0 Å². The minimum Gasteiger partial charge on any atom is -0.302 e.